The summed E-state index contributed by atoms with van der Waals surface area (Å²) in [5.41, 5.74) is 0.830. The molecule has 16 heavy (non-hydrogen) atoms. The van der Waals surface area contributed by atoms with Crippen molar-refractivity contribution in [1.29, 1.82) is 0 Å². The van der Waals surface area contributed by atoms with E-state index in [1.165, 1.54) is 25.9 Å². The molecule has 1 rings (SSSR count). The van der Waals surface area contributed by atoms with Crippen LogP contribution >= 0.6 is 0 Å². The number of likely N-dealkylation sites (tertiary alicyclic amines) is 1. The summed E-state index contributed by atoms with van der Waals surface area (Å²) < 4.78 is 0. The molecule has 1 saturated heterocycles. The average Bonchev–Trinajstić information content (AvgIpc) is 2.79. The summed E-state index contributed by atoms with van der Waals surface area (Å²) in [6, 6.07) is 0.459. The van der Waals surface area contributed by atoms with Gasteiger partial charge in [0.1, 0.15) is 0 Å². The van der Waals surface area contributed by atoms with Crippen LogP contribution in [0.5, 0.6) is 0 Å². The molecule has 0 aromatic carbocycles. The van der Waals surface area contributed by atoms with Crippen molar-refractivity contribution in [2.75, 3.05) is 19.6 Å². The monoisotopic (exact) mass is 224 g/mol. The van der Waals surface area contributed by atoms with Crippen molar-refractivity contribution in [2.45, 2.75) is 46.1 Å². The quantitative estimate of drug-likeness (QED) is 0.724. The zero-order valence-electron chi connectivity index (χ0n) is 10.8. The van der Waals surface area contributed by atoms with Gasteiger partial charge in [-0.3, -0.25) is 9.69 Å². The molecule has 0 aliphatic carbocycles. The van der Waals surface area contributed by atoms with Crippen LogP contribution in [0.4, 0.5) is 0 Å². The number of allylic oxidation sites excluding steroid dienone is 1. The molecule has 0 radical (unpaired) electrons. The van der Waals surface area contributed by atoms with E-state index in [0.29, 0.717) is 6.04 Å². The molecule has 3 nitrogen and oxygen atoms in total. The van der Waals surface area contributed by atoms with E-state index < -0.39 is 0 Å². The number of nitrogens with one attached hydrogen (secondary N) is 1. The van der Waals surface area contributed by atoms with Gasteiger partial charge >= 0.3 is 0 Å². The lowest BCUT2D eigenvalue weighted by Gasteiger charge is -2.23. The maximum absolute atomic E-state index is 11.7. The number of hydrogen-bond donors (Lipinski definition) is 1. The Labute approximate surface area is 98.9 Å². The Kier molecular flexibility index (Phi) is 5.53. The maximum atomic E-state index is 11.7. The summed E-state index contributed by atoms with van der Waals surface area (Å²) in [4.78, 5) is 14.1. The molecule has 0 aromatic rings. The third kappa shape index (κ3) is 3.97. The van der Waals surface area contributed by atoms with E-state index in [4.69, 9.17) is 0 Å². The largest absolute Gasteiger partial charge is 0.351 e. The molecule has 0 bridgehead atoms. The molecule has 1 N–H and O–H groups in total. The smallest absolute Gasteiger partial charge is 0.246 e. The van der Waals surface area contributed by atoms with Gasteiger partial charge in [0.15, 0.2) is 0 Å². The zero-order chi connectivity index (χ0) is 12.0. The van der Waals surface area contributed by atoms with E-state index >= 15 is 0 Å². The van der Waals surface area contributed by atoms with Crippen LogP contribution in [-0.2, 0) is 4.79 Å². The minimum atomic E-state index is 0.0768. The predicted molar refractivity (Wildman–Crippen MR) is 67.3 cm³/mol. The third-order valence-electron chi connectivity index (χ3n) is 3.19. The molecule has 0 aromatic heterocycles. The first-order chi connectivity index (χ1) is 7.65. The number of nitrogens with zero attached hydrogens (tertiary/aromatic N) is 1. The minimum Gasteiger partial charge on any atom is -0.351 e. The second-order valence-electron chi connectivity index (χ2n) is 4.60. The summed E-state index contributed by atoms with van der Waals surface area (Å²) in [5.74, 6) is 0.0768. The first-order valence-electron chi connectivity index (χ1n) is 6.34. The van der Waals surface area contributed by atoms with Crippen molar-refractivity contribution >= 4 is 5.91 Å². The lowest BCUT2D eigenvalue weighted by molar-refractivity contribution is -0.117. The molecule has 1 fully saturated rings. The molecular weight excluding hydrogens is 200 g/mol. The van der Waals surface area contributed by atoms with Crippen LogP contribution in [0.15, 0.2) is 11.6 Å². The Bertz CT molecular complexity index is 255. The van der Waals surface area contributed by atoms with Gasteiger partial charge in [-0.1, -0.05) is 13.0 Å². The maximum Gasteiger partial charge on any atom is 0.246 e. The van der Waals surface area contributed by atoms with E-state index in [1.807, 2.05) is 19.9 Å². The minimum absolute atomic E-state index is 0.0768. The first kappa shape index (κ1) is 13.2. The van der Waals surface area contributed by atoms with Crippen LogP contribution in [-0.4, -0.2) is 36.5 Å². The van der Waals surface area contributed by atoms with Crippen LogP contribution < -0.4 is 5.32 Å². The lowest BCUT2D eigenvalue weighted by atomic mass is 10.2. The number of carbonyl (C=O) groups is 1. The summed E-state index contributed by atoms with van der Waals surface area (Å²) >= 11 is 0. The van der Waals surface area contributed by atoms with Crippen molar-refractivity contribution in [3.63, 3.8) is 0 Å². The molecule has 1 aliphatic heterocycles. The van der Waals surface area contributed by atoms with Gasteiger partial charge in [0.25, 0.3) is 0 Å². The van der Waals surface area contributed by atoms with Crippen LogP contribution in [0.25, 0.3) is 0 Å². The second-order valence-corrected chi connectivity index (χ2v) is 4.60. The van der Waals surface area contributed by atoms with Crippen LogP contribution in [0.2, 0.25) is 0 Å². The van der Waals surface area contributed by atoms with Crippen molar-refractivity contribution in [2.24, 2.45) is 0 Å². The SMILES string of the molecule is CCC=C(C)C(=O)NCC(C)N1CCCC1. The lowest BCUT2D eigenvalue weighted by Crippen LogP contribution is -2.40. The molecule has 3 heteroatoms. The van der Waals surface area contributed by atoms with E-state index in [1.54, 1.807) is 0 Å². The molecule has 1 unspecified atom stereocenters. The Hall–Kier alpha value is -0.830. The fourth-order valence-corrected chi connectivity index (χ4v) is 2.09. The molecule has 1 amide bonds. The van der Waals surface area contributed by atoms with E-state index in [2.05, 4.69) is 17.1 Å². The number of rotatable bonds is 5. The van der Waals surface area contributed by atoms with Crippen molar-refractivity contribution < 1.29 is 4.79 Å². The molecule has 92 valence electrons. The molecule has 1 atom stereocenters. The highest BCUT2D eigenvalue weighted by Crippen LogP contribution is 2.10. The molecule has 1 aliphatic rings. The standard InChI is InChI=1S/C13H24N2O/c1-4-7-11(2)13(16)14-10-12(3)15-8-5-6-9-15/h7,12H,4-6,8-10H2,1-3H3,(H,14,16). The highest BCUT2D eigenvalue weighted by molar-refractivity contribution is 5.92. The Morgan fingerprint density at radius 1 is 1.44 bits per heavy atom. The van der Waals surface area contributed by atoms with Crippen molar-refractivity contribution in [3.05, 3.63) is 11.6 Å². The van der Waals surface area contributed by atoms with Gasteiger partial charge in [0, 0.05) is 18.2 Å². The number of carbonyl (C=O) groups excluding carboxylic acids is 1. The fourth-order valence-electron chi connectivity index (χ4n) is 2.09. The number of amides is 1. The molecular formula is C13H24N2O. The van der Waals surface area contributed by atoms with Gasteiger partial charge in [-0.05, 0) is 46.2 Å². The van der Waals surface area contributed by atoms with Crippen LogP contribution in [0, 0.1) is 0 Å². The predicted octanol–water partition coefficient (Wildman–Crippen LogP) is 1.94. The first-order valence-corrected chi connectivity index (χ1v) is 6.34. The van der Waals surface area contributed by atoms with Gasteiger partial charge in [-0.25, -0.2) is 0 Å². The van der Waals surface area contributed by atoms with E-state index in [0.717, 1.165) is 18.5 Å². The fraction of sp³-hybridized carbons (Fsp3) is 0.769. The molecule has 1 heterocycles. The topological polar surface area (TPSA) is 32.3 Å². The highest BCUT2D eigenvalue weighted by atomic mass is 16.1. The zero-order valence-corrected chi connectivity index (χ0v) is 10.8. The number of hydrogen-bond acceptors (Lipinski definition) is 2. The van der Waals surface area contributed by atoms with E-state index in [9.17, 15) is 4.79 Å². The van der Waals surface area contributed by atoms with Gasteiger partial charge in [-0.15, -0.1) is 0 Å². The average molecular weight is 224 g/mol. The summed E-state index contributed by atoms with van der Waals surface area (Å²) in [6.07, 6.45) is 5.48. The van der Waals surface area contributed by atoms with Crippen molar-refractivity contribution in [1.82, 2.24) is 10.2 Å². The van der Waals surface area contributed by atoms with Gasteiger partial charge in [0.05, 0.1) is 0 Å². The third-order valence-corrected chi connectivity index (χ3v) is 3.19. The summed E-state index contributed by atoms with van der Waals surface area (Å²) in [5, 5.41) is 3.00. The van der Waals surface area contributed by atoms with Crippen LogP contribution in [0.1, 0.15) is 40.0 Å². The van der Waals surface area contributed by atoms with Gasteiger partial charge in [-0.2, -0.15) is 0 Å². The molecule has 0 spiro atoms. The summed E-state index contributed by atoms with van der Waals surface area (Å²) in [6.45, 7) is 9.23. The molecule has 0 saturated carbocycles. The Morgan fingerprint density at radius 3 is 2.62 bits per heavy atom. The van der Waals surface area contributed by atoms with Gasteiger partial charge < -0.3 is 5.32 Å². The van der Waals surface area contributed by atoms with Crippen molar-refractivity contribution in [3.8, 4) is 0 Å². The highest BCUT2D eigenvalue weighted by Gasteiger charge is 2.18. The Balaban J connectivity index is 2.28. The normalized spacial score (nSPS) is 19.8. The Morgan fingerprint density at radius 2 is 2.06 bits per heavy atom. The van der Waals surface area contributed by atoms with Gasteiger partial charge in [0.2, 0.25) is 5.91 Å². The van der Waals surface area contributed by atoms with Crippen LogP contribution in [0.3, 0.4) is 0 Å². The second kappa shape index (κ2) is 6.69. The van der Waals surface area contributed by atoms with E-state index in [-0.39, 0.29) is 5.91 Å². The summed E-state index contributed by atoms with van der Waals surface area (Å²) in [7, 11) is 0.